The number of nitriles is 1. The van der Waals surface area contributed by atoms with Crippen LogP contribution in [0, 0.1) is 25.2 Å². The van der Waals surface area contributed by atoms with E-state index in [1.165, 1.54) is 6.20 Å². The number of imidazole rings is 1. The van der Waals surface area contributed by atoms with Crippen molar-refractivity contribution < 1.29 is 19.3 Å². The number of aliphatic hydroxyl groups excluding tert-OH is 1. The molecular weight excluding hydrogens is 736 g/mol. The minimum Gasteiger partial charge on any atom is -0.493 e. The largest absolute Gasteiger partial charge is 0.493 e. The molecule has 294 valence electrons. The molecule has 1 fully saturated rings. The Balaban J connectivity index is 1.04. The van der Waals surface area contributed by atoms with Crippen LogP contribution < -0.4 is 14.2 Å². The molecule has 3 heterocycles. The number of aliphatic hydroxyl groups is 1. The van der Waals surface area contributed by atoms with E-state index in [1.54, 1.807) is 12.3 Å². The Morgan fingerprint density at radius 2 is 1.72 bits per heavy atom. The summed E-state index contributed by atoms with van der Waals surface area (Å²) >= 11 is 6.94. The molecule has 1 aliphatic heterocycles. The third-order valence-electron chi connectivity index (χ3n) is 10.6. The van der Waals surface area contributed by atoms with Gasteiger partial charge in [0, 0.05) is 68.7 Å². The number of hydrogen-bond donors (Lipinski definition) is 2. The zero-order valence-corrected chi connectivity index (χ0v) is 33.6. The maximum absolute atomic E-state index is 9.83. The monoisotopic (exact) mass is 784 g/mol. The van der Waals surface area contributed by atoms with Crippen molar-refractivity contribution in [2.24, 2.45) is 0 Å². The van der Waals surface area contributed by atoms with E-state index in [-0.39, 0.29) is 12.7 Å². The predicted molar refractivity (Wildman–Crippen MR) is 224 cm³/mol. The van der Waals surface area contributed by atoms with Crippen molar-refractivity contribution in [3.8, 4) is 34.4 Å². The Kier molecular flexibility index (Phi) is 13.0. The Morgan fingerprint density at radius 3 is 2.53 bits per heavy atom. The fourth-order valence-corrected chi connectivity index (χ4v) is 7.60. The molecule has 1 saturated heterocycles. The van der Waals surface area contributed by atoms with E-state index in [0.29, 0.717) is 41.8 Å². The van der Waals surface area contributed by atoms with Crippen LogP contribution in [-0.4, -0.2) is 75.8 Å². The van der Waals surface area contributed by atoms with Gasteiger partial charge in [-0.1, -0.05) is 54.1 Å². The van der Waals surface area contributed by atoms with Crippen molar-refractivity contribution in [3.63, 3.8) is 0 Å². The number of para-hydroxylation sites is 2. The van der Waals surface area contributed by atoms with E-state index in [2.05, 4.69) is 71.0 Å². The van der Waals surface area contributed by atoms with Gasteiger partial charge in [0.15, 0.2) is 0 Å². The molecule has 0 spiro atoms. The maximum atomic E-state index is 9.83. The molecule has 2 N–H and O–H groups in total. The Morgan fingerprint density at radius 1 is 0.912 bits per heavy atom. The number of likely N-dealkylation sites (N-methyl/N-ethyl adjacent to an activating group) is 1. The number of H-pyrrole nitrogens is 1. The molecule has 0 aliphatic carbocycles. The Bertz CT molecular complexity index is 2320. The van der Waals surface area contributed by atoms with Crippen LogP contribution in [0.25, 0.3) is 22.2 Å². The summed E-state index contributed by atoms with van der Waals surface area (Å²) in [4.78, 5) is 16.9. The molecular formula is C46H49ClN6O4. The SMILES string of the molecule is Cc1c(COc2cc(OCc3cncc(C#N)c3)c(CN(C)CCc3nc4ccccc4[nH]3)cc2Cl)cccc1-c1cccc(OCCCN2CC[C@@H](O)C2)c1C. The smallest absolute Gasteiger partial charge is 0.142 e. The van der Waals surface area contributed by atoms with Gasteiger partial charge in [-0.2, -0.15) is 5.26 Å². The third-order valence-corrected chi connectivity index (χ3v) is 10.9. The fraction of sp³-hybridized carbons (Fsp3) is 0.326. The minimum atomic E-state index is -0.204. The third kappa shape index (κ3) is 10.1. The summed E-state index contributed by atoms with van der Waals surface area (Å²) in [7, 11) is 2.06. The highest BCUT2D eigenvalue weighted by Gasteiger charge is 2.20. The number of nitrogens with one attached hydrogen (secondary N) is 1. The number of aromatic amines is 1. The summed E-state index contributed by atoms with van der Waals surface area (Å²) in [6, 6.07) is 28.2. The average Bonchev–Trinajstić information content (AvgIpc) is 3.84. The standard InChI is InChI=1S/C46H49ClN6O4/c1-31-35(9-6-10-38(31)39-11-7-14-43(32(39)2)55-20-8-17-53-19-15-37(54)28-53)30-57-45-23-44(56-29-34-21-33(24-48)25-49-26-34)36(22-40(45)47)27-52(3)18-16-46-50-41-12-4-5-13-42(41)51-46/h4-7,9-14,21-23,25-26,37,54H,8,15-20,27-30H2,1-3H3,(H,50,51)/t37-/m1/s1. The van der Waals surface area contributed by atoms with Gasteiger partial charge in [0.1, 0.15) is 42.4 Å². The lowest BCUT2D eigenvalue weighted by Gasteiger charge is -2.21. The van der Waals surface area contributed by atoms with Crippen LogP contribution in [-0.2, 0) is 26.2 Å². The summed E-state index contributed by atoms with van der Waals surface area (Å²) in [5, 5.41) is 19.7. The zero-order chi connectivity index (χ0) is 39.7. The molecule has 0 saturated carbocycles. The lowest BCUT2D eigenvalue weighted by Crippen LogP contribution is -2.24. The van der Waals surface area contributed by atoms with Crippen molar-refractivity contribution in [3.05, 3.63) is 135 Å². The number of aromatic nitrogens is 3. The highest BCUT2D eigenvalue weighted by atomic mass is 35.5. The van der Waals surface area contributed by atoms with Crippen molar-refractivity contribution >= 4 is 22.6 Å². The van der Waals surface area contributed by atoms with Gasteiger partial charge in [-0.15, -0.1) is 0 Å². The van der Waals surface area contributed by atoms with E-state index in [0.717, 1.165) is 107 Å². The molecule has 7 rings (SSSR count). The summed E-state index contributed by atoms with van der Waals surface area (Å²) in [5.74, 6) is 2.98. The highest BCUT2D eigenvalue weighted by Crippen LogP contribution is 2.37. The molecule has 4 aromatic carbocycles. The number of pyridine rings is 1. The second-order valence-electron chi connectivity index (χ2n) is 14.8. The summed E-state index contributed by atoms with van der Waals surface area (Å²) < 4.78 is 19.1. The second kappa shape index (κ2) is 18.7. The lowest BCUT2D eigenvalue weighted by atomic mass is 9.93. The number of hydrogen-bond acceptors (Lipinski definition) is 9. The molecule has 1 aliphatic rings. The molecule has 6 aromatic rings. The minimum absolute atomic E-state index is 0.204. The van der Waals surface area contributed by atoms with Gasteiger partial charge in [0.25, 0.3) is 0 Å². The highest BCUT2D eigenvalue weighted by molar-refractivity contribution is 6.32. The van der Waals surface area contributed by atoms with E-state index in [1.807, 2.05) is 48.5 Å². The first kappa shape index (κ1) is 39.8. The van der Waals surface area contributed by atoms with E-state index < -0.39 is 0 Å². The van der Waals surface area contributed by atoms with Gasteiger partial charge < -0.3 is 34.1 Å². The van der Waals surface area contributed by atoms with Crippen LogP contribution in [0.4, 0.5) is 0 Å². The van der Waals surface area contributed by atoms with Gasteiger partial charge >= 0.3 is 0 Å². The topological polar surface area (TPSA) is 120 Å². The van der Waals surface area contributed by atoms with Crippen LogP contribution in [0.15, 0.2) is 91.3 Å². The van der Waals surface area contributed by atoms with Crippen LogP contribution in [0.2, 0.25) is 5.02 Å². The van der Waals surface area contributed by atoms with Gasteiger partial charge in [-0.25, -0.2) is 4.98 Å². The van der Waals surface area contributed by atoms with Crippen molar-refractivity contribution in [1.29, 1.82) is 5.26 Å². The lowest BCUT2D eigenvalue weighted by molar-refractivity contribution is 0.173. The number of fused-ring (bicyclic) bond motifs is 1. The fourth-order valence-electron chi connectivity index (χ4n) is 7.36. The van der Waals surface area contributed by atoms with Gasteiger partial charge in [0.2, 0.25) is 0 Å². The van der Waals surface area contributed by atoms with Crippen molar-refractivity contribution in [2.75, 3.05) is 39.8 Å². The van der Waals surface area contributed by atoms with Crippen LogP contribution in [0.5, 0.6) is 17.2 Å². The number of likely N-dealkylation sites (tertiary alicyclic amines) is 1. The first-order valence-corrected chi connectivity index (χ1v) is 19.9. The molecule has 0 amide bonds. The molecule has 0 radical (unpaired) electrons. The molecule has 11 heteroatoms. The van der Waals surface area contributed by atoms with Gasteiger partial charge in [-0.3, -0.25) is 4.98 Å². The number of β-amino-alcohol motifs (C(OH)–C–C–N with tert-alkyl or cyclic N) is 1. The molecule has 0 unspecified atom stereocenters. The first-order chi connectivity index (χ1) is 27.7. The van der Waals surface area contributed by atoms with Crippen LogP contribution in [0.1, 0.15) is 52.0 Å². The Labute approximate surface area is 339 Å². The molecule has 2 aromatic heterocycles. The number of nitrogens with zero attached hydrogens (tertiary/aromatic N) is 5. The predicted octanol–water partition coefficient (Wildman–Crippen LogP) is 8.43. The number of rotatable bonds is 17. The number of ether oxygens (including phenoxy) is 3. The second-order valence-corrected chi connectivity index (χ2v) is 15.2. The Hall–Kier alpha value is -5.44. The first-order valence-electron chi connectivity index (χ1n) is 19.5. The summed E-state index contributed by atoms with van der Waals surface area (Å²) in [6.07, 6.45) is 5.55. The normalized spacial score (nSPS) is 14.3. The quantitative estimate of drug-likeness (QED) is 0.0879. The zero-order valence-electron chi connectivity index (χ0n) is 32.8. The molecule has 10 nitrogen and oxygen atoms in total. The number of benzene rings is 4. The van der Waals surface area contributed by atoms with Crippen molar-refractivity contribution in [1.82, 2.24) is 24.8 Å². The van der Waals surface area contributed by atoms with E-state index in [4.69, 9.17) is 30.8 Å². The van der Waals surface area contributed by atoms with Crippen molar-refractivity contribution in [2.45, 2.75) is 59.0 Å². The average molecular weight is 785 g/mol. The van der Waals surface area contributed by atoms with Gasteiger partial charge in [-0.05, 0) is 91.9 Å². The molecule has 0 bridgehead atoms. The number of halogens is 1. The van der Waals surface area contributed by atoms with E-state index in [9.17, 15) is 10.4 Å². The van der Waals surface area contributed by atoms with Crippen LogP contribution >= 0.6 is 11.6 Å². The van der Waals surface area contributed by atoms with Gasteiger partial charge in [0.05, 0.1) is 34.3 Å². The maximum Gasteiger partial charge on any atom is 0.142 e. The van der Waals surface area contributed by atoms with E-state index >= 15 is 0 Å². The summed E-state index contributed by atoms with van der Waals surface area (Å²) in [6.45, 7) is 9.35. The summed E-state index contributed by atoms with van der Waals surface area (Å²) in [5.41, 5.74) is 9.65. The molecule has 57 heavy (non-hydrogen) atoms. The van der Waals surface area contributed by atoms with Crippen LogP contribution in [0.3, 0.4) is 0 Å². The molecule has 1 atom stereocenters.